The molecule has 3 N–H and O–H groups in total. The van der Waals surface area contributed by atoms with Crippen LogP contribution in [0, 0.1) is 11.8 Å². The van der Waals surface area contributed by atoms with E-state index in [-0.39, 0.29) is 0 Å². The van der Waals surface area contributed by atoms with Gasteiger partial charge in [0.1, 0.15) is 0 Å². The van der Waals surface area contributed by atoms with Crippen LogP contribution in [0.5, 0.6) is 0 Å². The summed E-state index contributed by atoms with van der Waals surface area (Å²) in [7, 11) is 0. The van der Waals surface area contributed by atoms with Crippen molar-refractivity contribution >= 4 is 5.95 Å². The fraction of sp³-hybridized carbons (Fsp3) is 0.636. The Bertz CT molecular complexity index is 288. The van der Waals surface area contributed by atoms with Gasteiger partial charge in [0.05, 0.1) is 0 Å². The van der Waals surface area contributed by atoms with Gasteiger partial charge in [0.15, 0.2) is 0 Å². The van der Waals surface area contributed by atoms with Crippen LogP contribution in [0.1, 0.15) is 19.3 Å². The van der Waals surface area contributed by atoms with E-state index in [0.717, 1.165) is 19.0 Å². The molecule has 2 unspecified atom stereocenters. The van der Waals surface area contributed by atoms with Gasteiger partial charge in [-0.3, -0.25) is 0 Å². The number of aromatic nitrogens is 2. The maximum Gasteiger partial charge on any atom is 0.222 e. The normalized spacial score (nSPS) is 25.4. The van der Waals surface area contributed by atoms with E-state index in [1.165, 1.54) is 19.3 Å². The summed E-state index contributed by atoms with van der Waals surface area (Å²) in [6, 6.07) is 1.82. The van der Waals surface area contributed by atoms with Gasteiger partial charge in [-0.25, -0.2) is 9.97 Å². The predicted octanol–water partition coefficient (Wildman–Crippen LogP) is 1.26. The SMILES string of the molecule is NCC1CCCC1CNc1ncccn1. The largest absolute Gasteiger partial charge is 0.354 e. The molecule has 0 aliphatic heterocycles. The topological polar surface area (TPSA) is 63.8 Å². The first kappa shape index (κ1) is 10.4. The summed E-state index contributed by atoms with van der Waals surface area (Å²) in [5.41, 5.74) is 5.73. The Balaban J connectivity index is 1.83. The van der Waals surface area contributed by atoms with Crippen molar-refractivity contribution in [3.63, 3.8) is 0 Å². The molecule has 4 nitrogen and oxygen atoms in total. The number of hydrogen-bond donors (Lipinski definition) is 2. The third-order valence-electron chi connectivity index (χ3n) is 3.21. The zero-order chi connectivity index (χ0) is 10.5. The van der Waals surface area contributed by atoms with Crippen LogP contribution in [0.3, 0.4) is 0 Å². The van der Waals surface area contributed by atoms with Gasteiger partial charge in [-0.1, -0.05) is 6.42 Å². The molecular formula is C11H18N4. The summed E-state index contributed by atoms with van der Waals surface area (Å²) in [6.07, 6.45) is 7.37. The van der Waals surface area contributed by atoms with Crippen molar-refractivity contribution in [1.29, 1.82) is 0 Å². The maximum absolute atomic E-state index is 5.73. The van der Waals surface area contributed by atoms with Gasteiger partial charge < -0.3 is 11.1 Å². The standard InChI is InChI=1S/C11H18N4/c12-7-9-3-1-4-10(9)8-15-11-13-5-2-6-14-11/h2,5-6,9-10H,1,3-4,7-8,12H2,(H,13,14,15). The van der Waals surface area contributed by atoms with Crippen LogP contribution in [0.2, 0.25) is 0 Å². The minimum absolute atomic E-state index is 0.682. The second kappa shape index (κ2) is 5.07. The second-order valence-electron chi connectivity index (χ2n) is 4.14. The summed E-state index contributed by atoms with van der Waals surface area (Å²) in [4.78, 5) is 8.27. The van der Waals surface area contributed by atoms with Crippen molar-refractivity contribution < 1.29 is 0 Å². The first-order chi connectivity index (χ1) is 7.40. The van der Waals surface area contributed by atoms with Crippen molar-refractivity contribution in [3.8, 4) is 0 Å². The van der Waals surface area contributed by atoms with Gasteiger partial charge in [-0.2, -0.15) is 0 Å². The highest BCUT2D eigenvalue weighted by atomic mass is 15.1. The molecule has 0 aromatic carbocycles. The van der Waals surface area contributed by atoms with E-state index < -0.39 is 0 Å². The lowest BCUT2D eigenvalue weighted by Crippen LogP contribution is -2.24. The lowest BCUT2D eigenvalue weighted by atomic mass is 9.96. The first-order valence-electron chi connectivity index (χ1n) is 5.61. The van der Waals surface area contributed by atoms with Crippen molar-refractivity contribution in [2.45, 2.75) is 19.3 Å². The third kappa shape index (κ3) is 2.65. The quantitative estimate of drug-likeness (QED) is 0.778. The summed E-state index contributed by atoms with van der Waals surface area (Å²) < 4.78 is 0. The zero-order valence-corrected chi connectivity index (χ0v) is 8.89. The summed E-state index contributed by atoms with van der Waals surface area (Å²) in [5.74, 6) is 2.10. The van der Waals surface area contributed by atoms with Crippen LogP contribution in [0.15, 0.2) is 18.5 Å². The van der Waals surface area contributed by atoms with Crippen LogP contribution < -0.4 is 11.1 Å². The Morgan fingerprint density at radius 2 is 2.00 bits per heavy atom. The van der Waals surface area contributed by atoms with Crippen molar-refractivity contribution in [1.82, 2.24) is 9.97 Å². The van der Waals surface area contributed by atoms with E-state index in [2.05, 4.69) is 15.3 Å². The third-order valence-corrected chi connectivity index (χ3v) is 3.21. The molecule has 82 valence electrons. The van der Waals surface area contributed by atoms with Gasteiger partial charge in [0.25, 0.3) is 0 Å². The van der Waals surface area contributed by atoms with Crippen molar-refractivity contribution in [2.75, 3.05) is 18.4 Å². The van der Waals surface area contributed by atoms with Crippen LogP contribution in [-0.2, 0) is 0 Å². The molecule has 0 saturated heterocycles. The van der Waals surface area contributed by atoms with E-state index in [4.69, 9.17) is 5.73 Å². The Morgan fingerprint density at radius 1 is 1.27 bits per heavy atom. The molecule has 0 bridgehead atoms. The van der Waals surface area contributed by atoms with Crippen LogP contribution in [0.4, 0.5) is 5.95 Å². The first-order valence-corrected chi connectivity index (χ1v) is 5.61. The van der Waals surface area contributed by atoms with E-state index in [9.17, 15) is 0 Å². The average molecular weight is 206 g/mol. The molecule has 1 heterocycles. The number of nitrogens with zero attached hydrogens (tertiary/aromatic N) is 2. The highest BCUT2D eigenvalue weighted by molar-refractivity contribution is 5.22. The smallest absolute Gasteiger partial charge is 0.222 e. The molecule has 4 heteroatoms. The molecule has 0 radical (unpaired) electrons. The van der Waals surface area contributed by atoms with Gasteiger partial charge in [-0.05, 0) is 37.3 Å². The molecule has 0 spiro atoms. The minimum Gasteiger partial charge on any atom is -0.354 e. The highest BCUT2D eigenvalue weighted by Gasteiger charge is 2.25. The molecule has 1 saturated carbocycles. The van der Waals surface area contributed by atoms with Crippen molar-refractivity contribution in [3.05, 3.63) is 18.5 Å². The lowest BCUT2D eigenvalue weighted by Gasteiger charge is -2.17. The predicted molar refractivity (Wildman–Crippen MR) is 60.4 cm³/mol. The highest BCUT2D eigenvalue weighted by Crippen LogP contribution is 2.30. The molecule has 2 atom stereocenters. The van der Waals surface area contributed by atoms with Gasteiger partial charge in [0, 0.05) is 18.9 Å². The Hall–Kier alpha value is -1.16. The monoisotopic (exact) mass is 206 g/mol. The molecular weight excluding hydrogens is 188 g/mol. The summed E-state index contributed by atoms with van der Waals surface area (Å²) >= 11 is 0. The molecule has 15 heavy (non-hydrogen) atoms. The Labute approximate surface area is 90.3 Å². The van der Waals surface area contributed by atoms with E-state index in [1.807, 2.05) is 6.07 Å². The van der Waals surface area contributed by atoms with Crippen molar-refractivity contribution in [2.24, 2.45) is 17.6 Å². The fourth-order valence-electron chi connectivity index (χ4n) is 2.31. The molecule has 1 fully saturated rings. The fourth-order valence-corrected chi connectivity index (χ4v) is 2.31. The van der Waals surface area contributed by atoms with Gasteiger partial charge >= 0.3 is 0 Å². The number of nitrogens with one attached hydrogen (secondary N) is 1. The van der Waals surface area contributed by atoms with E-state index >= 15 is 0 Å². The Kier molecular flexibility index (Phi) is 3.50. The average Bonchev–Trinajstić information content (AvgIpc) is 2.75. The van der Waals surface area contributed by atoms with Crippen LogP contribution in [-0.4, -0.2) is 23.1 Å². The van der Waals surface area contributed by atoms with Gasteiger partial charge in [0.2, 0.25) is 5.95 Å². The summed E-state index contributed by atoms with van der Waals surface area (Å²) in [6.45, 7) is 1.76. The number of nitrogens with two attached hydrogens (primary N) is 1. The second-order valence-corrected chi connectivity index (χ2v) is 4.14. The van der Waals surface area contributed by atoms with E-state index in [0.29, 0.717) is 11.8 Å². The zero-order valence-electron chi connectivity index (χ0n) is 8.89. The number of hydrogen-bond acceptors (Lipinski definition) is 4. The van der Waals surface area contributed by atoms with Gasteiger partial charge in [-0.15, -0.1) is 0 Å². The molecule has 1 aliphatic rings. The number of rotatable bonds is 4. The molecule has 1 aromatic rings. The van der Waals surface area contributed by atoms with Crippen LogP contribution in [0.25, 0.3) is 0 Å². The molecule has 2 rings (SSSR count). The Morgan fingerprint density at radius 3 is 2.73 bits per heavy atom. The van der Waals surface area contributed by atoms with Crippen LogP contribution >= 0.6 is 0 Å². The lowest BCUT2D eigenvalue weighted by molar-refractivity contribution is 0.414. The maximum atomic E-state index is 5.73. The van der Waals surface area contributed by atoms with E-state index in [1.54, 1.807) is 12.4 Å². The molecule has 0 amide bonds. The minimum atomic E-state index is 0.682. The number of anilines is 1. The molecule has 1 aromatic heterocycles. The summed E-state index contributed by atoms with van der Waals surface area (Å²) in [5, 5.41) is 3.27. The molecule has 1 aliphatic carbocycles.